The number of nitrogens with one attached hydrogen (secondary N) is 2. The maximum absolute atomic E-state index is 12.0. The van der Waals surface area contributed by atoms with Crippen LogP contribution in [0.1, 0.15) is 29.8 Å². The predicted octanol–water partition coefficient (Wildman–Crippen LogP) is 4.60. The first-order chi connectivity index (χ1) is 12.4. The average molecular weight is 391 g/mol. The van der Waals surface area contributed by atoms with Crippen LogP contribution in [0.3, 0.4) is 0 Å². The van der Waals surface area contributed by atoms with E-state index < -0.39 is 0 Å². The van der Waals surface area contributed by atoms with Crippen molar-refractivity contribution in [1.29, 1.82) is 0 Å². The summed E-state index contributed by atoms with van der Waals surface area (Å²) < 4.78 is 0. The first kappa shape index (κ1) is 20.3. The van der Waals surface area contributed by atoms with Crippen LogP contribution in [0, 0.1) is 5.92 Å². The molecule has 0 aliphatic rings. The third kappa shape index (κ3) is 7.10. The lowest BCUT2D eigenvalue weighted by atomic mass is 10.1. The van der Waals surface area contributed by atoms with Crippen molar-refractivity contribution in [2.24, 2.45) is 5.92 Å². The van der Waals surface area contributed by atoms with E-state index >= 15 is 0 Å². The molecule has 0 aliphatic carbocycles. The van der Waals surface area contributed by atoms with Gasteiger partial charge in [-0.15, -0.1) is 11.8 Å². The van der Waals surface area contributed by atoms with E-state index in [0.29, 0.717) is 34.6 Å². The minimum absolute atomic E-state index is 0.0537. The third-order valence-electron chi connectivity index (χ3n) is 3.52. The molecule has 0 aliphatic heterocycles. The van der Waals surface area contributed by atoms with Crippen LogP contribution in [-0.4, -0.2) is 24.1 Å². The lowest BCUT2D eigenvalue weighted by Crippen LogP contribution is -2.27. The predicted molar refractivity (Wildman–Crippen MR) is 110 cm³/mol. The lowest BCUT2D eigenvalue weighted by molar-refractivity contribution is -0.113. The highest BCUT2D eigenvalue weighted by atomic mass is 35.5. The quantitative estimate of drug-likeness (QED) is 0.692. The number of anilines is 1. The number of carbonyl (C=O) groups excluding carboxylic acids is 2. The van der Waals surface area contributed by atoms with Crippen LogP contribution < -0.4 is 10.6 Å². The van der Waals surface area contributed by atoms with Crippen LogP contribution in [0.4, 0.5) is 5.69 Å². The van der Waals surface area contributed by atoms with Crippen molar-refractivity contribution in [3.63, 3.8) is 0 Å². The average Bonchev–Trinajstić information content (AvgIpc) is 2.62. The van der Waals surface area contributed by atoms with Gasteiger partial charge >= 0.3 is 0 Å². The SMILES string of the molecule is CC(C)CNC(=O)c1ccc(CSCC(=O)Nc2ccc(Cl)cc2)cc1. The maximum Gasteiger partial charge on any atom is 0.251 e. The molecule has 0 fully saturated rings. The Hall–Kier alpha value is -1.98. The highest BCUT2D eigenvalue weighted by molar-refractivity contribution is 7.99. The van der Waals surface area contributed by atoms with Crippen LogP contribution in [0.15, 0.2) is 48.5 Å². The van der Waals surface area contributed by atoms with Crippen molar-refractivity contribution in [2.75, 3.05) is 17.6 Å². The number of carbonyl (C=O) groups is 2. The van der Waals surface area contributed by atoms with Gasteiger partial charge in [-0.3, -0.25) is 9.59 Å². The minimum atomic E-state index is -0.0553. The minimum Gasteiger partial charge on any atom is -0.352 e. The zero-order valence-corrected chi connectivity index (χ0v) is 16.5. The Kier molecular flexibility index (Phi) is 8.01. The van der Waals surface area contributed by atoms with Crippen molar-refractivity contribution in [3.05, 3.63) is 64.7 Å². The Morgan fingerprint density at radius 1 is 1.04 bits per heavy atom. The molecular formula is C20H23ClN2O2S. The van der Waals surface area contributed by atoms with E-state index in [0.717, 1.165) is 11.3 Å². The number of halogens is 1. The summed E-state index contributed by atoms with van der Waals surface area (Å²) in [5, 5.41) is 6.37. The van der Waals surface area contributed by atoms with E-state index in [1.165, 1.54) is 11.8 Å². The number of thioether (sulfide) groups is 1. The molecule has 4 nitrogen and oxygen atoms in total. The van der Waals surface area contributed by atoms with E-state index in [1.807, 2.05) is 24.3 Å². The fraction of sp³-hybridized carbons (Fsp3) is 0.300. The monoisotopic (exact) mass is 390 g/mol. The second-order valence-corrected chi connectivity index (χ2v) is 7.77. The van der Waals surface area contributed by atoms with Gasteiger partial charge in [0.2, 0.25) is 5.91 Å². The van der Waals surface area contributed by atoms with Gasteiger partial charge in [0.05, 0.1) is 5.75 Å². The van der Waals surface area contributed by atoms with Gasteiger partial charge in [-0.1, -0.05) is 37.6 Å². The van der Waals surface area contributed by atoms with Gasteiger partial charge in [0, 0.05) is 28.6 Å². The highest BCUT2D eigenvalue weighted by Crippen LogP contribution is 2.16. The molecule has 0 heterocycles. The van der Waals surface area contributed by atoms with E-state index in [4.69, 9.17) is 11.6 Å². The van der Waals surface area contributed by atoms with E-state index in [9.17, 15) is 9.59 Å². The summed E-state index contributed by atoms with van der Waals surface area (Å²) in [7, 11) is 0. The van der Waals surface area contributed by atoms with Crippen LogP contribution in [0.25, 0.3) is 0 Å². The fourth-order valence-corrected chi connectivity index (χ4v) is 3.06. The van der Waals surface area contributed by atoms with Gasteiger partial charge in [-0.05, 0) is 47.9 Å². The van der Waals surface area contributed by atoms with Gasteiger partial charge in [0.25, 0.3) is 5.91 Å². The molecule has 0 saturated carbocycles. The number of amides is 2. The molecule has 6 heteroatoms. The van der Waals surface area contributed by atoms with Crippen LogP contribution in [-0.2, 0) is 10.5 Å². The van der Waals surface area contributed by atoms with E-state index in [1.54, 1.807) is 24.3 Å². The van der Waals surface area contributed by atoms with Crippen LogP contribution >= 0.6 is 23.4 Å². The molecule has 138 valence electrons. The lowest BCUT2D eigenvalue weighted by Gasteiger charge is -2.08. The normalized spacial score (nSPS) is 10.6. The van der Waals surface area contributed by atoms with Gasteiger partial charge in [0.15, 0.2) is 0 Å². The topological polar surface area (TPSA) is 58.2 Å². The zero-order valence-electron chi connectivity index (χ0n) is 14.9. The first-order valence-corrected chi connectivity index (χ1v) is 9.97. The van der Waals surface area contributed by atoms with Gasteiger partial charge in [0.1, 0.15) is 0 Å². The number of rotatable bonds is 8. The molecule has 0 bridgehead atoms. The molecule has 26 heavy (non-hydrogen) atoms. The molecule has 0 aromatic heterocycles. The number of hydrogen-bond donors (Lipinski definition) is 2. The summed E-state index contributed by atoms with van der Waals surface area (Å²) in [6.07, 6.45) is 0. The van der Waals surface area contributed by atoms with Crippen LogP contribution in [0.2, 0.25) is 5.02 Å². The summed E-state index contributed by atoms with van der Waals surface area (Å²) in [6, 6.07) is 14.5. The first-order valence-electron chi connectivity index (χ1n) is 8.44. The van der Waals surface area contributed by atoms with Crippen molar-refractivity contribution in [1.82, 2.24) is 5.32 Å². The van der Waals surface area contributed by atoms with Crippen molar-refractivity contribution in [2.45, 2.75) is 19.6 Å². The standard InChI is InChI=1S/C20H23ClN2O2S/c1-14(2)11-22-20(25)16-5-3-15(4-6-16)12-26-13-19(24)23-18-9-7-17(21)8-10-18/h3-10,14H,11-13H2,1-2H3,(H,22,25)(H,23,24). The second-order valence-electron chi connectivity index (χ2n) is 6.35. The van der Waals surface area contributed by atoms with E-state index in [2.05, 4.69) is 24.5 Å². The summed E-state index contributed by atoms with van der Waals surface area (Å²) in [4.78, 5) is 23.9. The molecule has 0 atom stereocenters. The molecule has 0 unspecified atom stereocenters. The molecule has 2 amide bonds. The van der Waals surface area contributed by atoms with Gasteiger partial charge < -0.3 is 10.6 Å². The van der Waals surface area contributed by atoms with E-state index in [-0.39, 0.29) is 11.8 Å². The Labute approximate surface area is 163 Å². The molecule has 2 rings (SSSR count). The highest BCUT2D eigenvalue weighted by Gasteiger charge is 2.07. The van der Waals surface area contributed by atoms with Crippen molar-refractivity contribution in [3.8, 4) is 0 Å². The Morgan fingerprint density at radius 3 is 2.31 bits per heavy atom. The Balaban J connectivity index is 1.74. The summed E-state index contributed by atoms with van der Waals surface area (Å²) in [5.74, 6) is 1.39. The largest absolute Gasteiger partial charge is 0.352 e. The number of hydrogen-bond acceptors (Lipinski definition) is 3. The number of benzene rings is 2. The summed E-state index contributed by atoms with van der Waals surface area (Å²) >= 11 is 7.35. The van der Waals surface area contributed by atoms with Crippen LogP contribution in [0.5, 0.6) is 0 Å². The molecule has 0 radical (unpaired) electrons. The van der Waals surface area contributed by atoms with Crippen molar-refractivity contribution >= 4 is 40.9 Å². The molecule has 2 aromatic carbocycles. The molecule has 2 N–H and O–H groups in total. The fourth-order valence-electron chi connectivity index (χ4n) is 2.14. The molecule has 0 saturated heterocycles. The second kappa shape index (κ2) is 10.2. The maximum atomic E-state index is 12.0. The summed E-state index contributed by atoms with van der Waals surface area (Å²) in [5.41, 5.74) is 2.46. The van der Waals surface area contributed by atoms with Gasteiger partial charge in [-0.25, -0.2) is 0 Å². The third-order valence-corrected chi connectivity index (χ3v) is 4.77. The molecule has 2 aromatic rings. The molecule has 0 spiro atoms. The Morgan fingerprint density at radius 2 is 1.69 bits per heavy atom. The summed E-state index contributed by atoms with van der Waals surface area (Å²) in [6.45, 7) is 4.78. The van der Waals surface area contributed by atoms with Crippen molar-refractivity contribution < 1.29 is 9.59 Å². The molecular weight excluding hydrogens is 368 g/mol. The van der Waals surface area contributed by atoms with Gasteiger partial charge in [-0.2, -0.15) is 0 Å². The smallest absolute Gasteiger partial charge is 0.251 e. The Bertz CT molecular complexity index is 730. The zero-order chi connectivity index (χ0) is 18.9.